The molecule has 0 amide bonds. The summed E-state index contributed by atoms with van der Waals surface area (Å²) in [5, 5.41) is 23.7. The van der Waals surface area contributed by atoms with Gasteiger partial charge in [-0.3, -0.25) is 4.98 Å². The normalized spacial score (nSPS) is 11.8. The maximum atomic E-state index is 9.37. The Bertz CT molecular complexity index is 595. The van der Waals surface area contributed by atoms with Crippen molar-refractivity contribution in [2.24, 2.45) is 0 Å². The lowest BCUT2D eigenvalue weighted by Gasteiger charge is -2.28. The number of benzene rings is 1. The number of nitrogens with zero attached hydrogens (tertiary/aromatic N) is 1. The smallest absolute Gasteiger partial charge is 0.0806 e. The Morgan fingerprint density at radius 3 is 2.58 bits per heavy atom. The zero-order chi connectivity index (χ0) is 14.0. The number of nitrogens with one attached hydrogen (secondary N) is 1. The minimum atomic E-state index is -0.778. The molecule has 5 nitrogen and oxygen atoms in total. The molecule has 0 aliphatic heterocycles. The van der Waals surface area contributed by atoms with Crippen molar-refractivity contribution in [3.63, 3.8) is 0 Å². The van der Waals surface area contributed by atoms with E-state index in [0.29, 0.717) is 5.69 Å². The Morgan fingerprint density at radius 2 is 1.95 bits per heavy atom. The molecule has 5 N–H and O–H groups in total. The SMILES string of the molecule is Cc1cc2c(NC(C)(CO)CO)ccc(N)c2cn1. The van der Waals surface area contributed by atoms with Crippen LogP contribution < -0.4 is 11.1 Å². The van der Waals surface area contributed by atoms with Crippen LogP contribution in [0.5, 0.6) is 0 Å². The van der Waals surface area contributed by atoms with Gasteiger partial charge in [0, 0.05) is 34.0 Å². The molecule has 1 aromatic carbocycles. The Morgan fingerprint density at radius 1 is 1.26 bits per heavy atom. The van der Waals surface area contributed by atoms with E-state index in [-0.39, 0.29) is 13.2 Å². The zero-order valence-electron chi connectivity index (χ0n) is 11.1. The Balaban J connectivity index is 2.55. The van der Waals surface area contributed by atoms with Crippen molar-refractivity contribution in [1.29, 1.82) is 0 Å². The van der Waals surface area contributed by atoms with Gasteiger partial charge in [-0.25, -0.2) is 0 Å². The third-order valence-electron chi connectivity index (χ3n) is 3.21. The highest BCUT2D eigenvalue weighted by Gasteiger charge is 2.22. The Kier molecular flexibility index (Phi) is 3.59. The van der Waals surface area contributed by atoms with E-state index >= 15 is 0 Å². The van der Waals surface area contributed by atoms with E-state index in [2.05, 4.69) is 10.3 Å². The first-order valence-corrected chi connectivity index (χ1v) is 6.14. The van der Waals surface area contributed by atoms with E-state index in [0.717, 1.165) is 22.2 Å². The minimum absolute atomic E-state index is 0.167. The summed E-state index contributed by atoms with van der Waals surface area (Å²) in [6, 6.07) is 5.57. The van der Waals surface area contributed by atoms with Gasteiger partial charge in [-0.15, -0.1) is 0 Å². The number of nitrogens with two attached hydrogens (primary N) is 1. The van der Waals surface area contributed by atoms with Crippen LogP contribution in [0.1, 0.15) is 12.6 Å². The maximum absolute atomic E-state index is 9.37. The zero-order valence-corrected chi connectivity index (χ0v) is 11.1. The average molecular weight is 261 g/mol. The van der Waals surface area contributed by atoms with E-state index in [1.165, 1.54) is 0 Å². The van der Waals surface area contributed by atoms with Crippen LogP contribution in [-0.4, -0.2) is 33.9 Å². The van der Waals surface area contributed by atoms with Gasteiger partial charge in [0.1, 0.15) is 0 Å². The van der Waals surface area contributed by atoms with E-state index in [1.54, 1.807) is 19.2 Å². The largest absolute Gasteiger partial charge is 0.398 e. The minimum Gasteiger partial charge on any atom is -0.398 e. The fraction of sp³-hybridized carbons (Fsp3) is 0.357. The molecule has 1 aromatic heterocycles. The molecule has 0 saturated heterocycles. The highest BCUT2D eigenvalue weighted by atomic mass is 16.3. The molecule has 2 rings (SSSR count). The van der Waals surface area contributed by atoms with Crippen LogP contribution in [0.15, 0.2) is 24.4 Å². The monoisotopic (exact) mass is 261 g/mol. The van der Waals surface area contributed by atoms with Gasteiger partial charge >= 0.3 is 0 Å². The number of pyridine rings is 1. The summed E-state index contributed by atoms with van der Waals surface area (Å²) in [7, 11) is 0. The average Bonchev–Trinajstić information content (AvgIpc) is 2.42. The first-order chi connectivity index (χ1) is 8.99. The van der Waals surface area contributed by atoms with Crippen molar-refractivity contribution < 1.29 is 10.2 Å². The molecule has 0 unspecified atom stereocenters. The predicted octanol–water partition coefficient (Wildman–Crippen LogP) is 1.28. The first-order valence-electron chi connectivity index (χ1n) is 6.14. The van der Waals surface area contributed by atoms with E-state index in [1.807, 2.05) is 19.1 Å². The summed E-state index contributed by atoms with van der Waals surface area (Å²) in [5.74, 6) is 0. The van der Waals surface area contributed by atoms with Crippen molar-refractivity contribution in [2.45, 2.75) is 19.4 Å². The number of hydrogen-bond donors (Lipinski definition) is 4. The van der Waals surface area contributed by atoms with E-state index < -0.39 is 5.54 Å². The summed E-state index contributed by atoms with van der Waals surface area (Å²) < 4.78 is 0. The van der Waals surface area contributed by atoms with Crippen molar-refractivity contribution >= 4 is 22.1 Å². The summed E-state index contributed by atoms with van der Waals surface area (Å²) in [6.45, 7) is 3.33. The number of aliphatic hydroxyl groups excluding tert-OH is 2. The molecule has 19 heavy (non-hydrogen) atoms. The second-order valence-electron chi connectivity index (χ2n) is 5.08. The molecule has 0 radical (unpaired) electrons. The number of anilines is 2. The predicted molar refractivity (Wildman–Crippen MR) is 77.1 cm³/mol. The molecule has 0 fully saturated rings. The van der Waals surface area contributed by atoms with Gasteiger partial charge in [0.25, 0.3) is 0 Å². The van der Waals surface area contributed by atoms with Gasteiger partial charge < -0.3 is 21.3 Å². The van der Waals surface area contributed by atoms with Crippen LogP contribution in [0.3, 0.4) is 0 Å². The summed E-state index contributed by atoms with van der Waals surface area (Å²) in [4.78, 5) is 4.24. The van der Waals surface area contributed by atoms with Gasteiger partial charge in [0.15, 0.2) is 0 Å². The summed E-state index contributed by atoms with van der Waals surface area (Å²) in [5.41, 5.74) is 7.52. The van der Waals surface area contributed by atoms with Crippen LogP contribution in [0.4, 0.5) is 11.4 Å². The molecular weight excluding hydrogens is 242 g/mol. The highest BCUT2D eigenvalue weighted by Crippen LogP contribution is 2.30. The number of aromatic nitrogens is 1. The van der Waals surface area contributed by atoms with Gasteiger partial charge in [-0.1, -0.05) is 0 Å². The molecule has 0 saturated carbocycles. The van der Waals surface area contributed by atoms with Crippen LogP contribution in [0, 0.1) is 6.92 Å². The molecule has 0 atom stereocenters. The lowest BCUT2D eigenvalue weighted by atomic mass is 10.0. The van der Waals surface area contributed by atoms with Crippen molar-refractivity contribution in [3.05, 3.63) is 30.1 Å². The van der Waals surface area contributed by atoms with Crippen LogP contribution in [0.25, 0.3) is 10.8 Å². The third kappa shape index (κ3) is 2.62. The van der Waals surface area contributed by atoms with Gasteiger partial charge in [0.2, 0.25) is 0 Å². The number of hydrogen-bond acceptors (Lipinski definition) is 5. The number of aliphatic hydroxyl groups is 2. The lowest BCUT2D eigenvalue weighted by Crippen LogP contribution is -2.42. The second-order valence-corrected chi connectivity index (χ2v) is 5.08. The molecule has 1 heterocycles. The number of nitrogen functional groups attached to an aromatic ring is 1. The lowest BCUT2D eigenvalue weighted by molar-refractivity contribution is 0.147. The molecule has 0 aliphatic rings. The second kappa shape index (κ2) is 5.03. The van der Waals surface area contributed by atoms with Crippen LogP contribution in [0.2, 0.25) is 0 Å². The van der Waals surface area contributed by atoms with Crippen molar-refractivity contribution in [1.82, 2.24) is 4.98 Å². The molecule has 5 heteroatoms. The number of fused-ring (bicyclic) bond motifs is 1. The highest BCUT2D eigenvalue weighted by molar-refractivity contribution is 6.01. The van der Waals surface area contributed by atoms with Crippen molar-refractivity contribution in [2.75, 3.05) is 24.3 Å². The topological polar surface area (TPSA) is 91.4 Å². The molecule has 0 bridgehead atoms. The molecule has 2 aromatic rings. The fourth-order valence-corrected chi connectivity index (χ4v) is 1.93. The molecule has 102 valence electrons. The first kappa shape index (κ1) is 13.6. The molecule has 0 spiro atoms. The maximum Gasteiger partial charge on any atom is 0.0806 e. The van der Waals surface area contributed by atoms with Gasteiger partial charge in [0.05, 0.1) is 18.8 Å². The van der Waals surface area contributed by atoms with Crippen LogP contribution in [-0.2, 0) is 0 Å². The number of rotatable bonds is 4. The quantitative estimate of drug-likeness (QED) is 0.622. The van der Waals surface area contributed by atoms with E-state index in [9.17, 15) is 10.2 Å². The summed E-state index contributed by atoms with van der Waals surface area (Å²) in [6.07, 6.45) is 1.74. The Hall–Kier alpha value is -1.85. The van der Waals surface area contributed by atoms with E-state index in [4.69, 9.17) is 5.73 Å². The number of aryl methyl sites for hydroxylation is 1. The third-order valence-corrected chi connectivity index (χ3v) is 3.21. The standard InChI is InChI=1S/C14H19N3O2/c1-9-5-10-11(6-16-9)12(15)3-4-13(10)17-14(2,7-18)8-19/h3-6,17-19H,7-8,15H2,1-2H3. The van der Waals surface area contributed by atoms with Crippen LogP contribution >= 0.6 is 0 Å². The molecule has 0 aliphatic carbocycles. The van der Waals surface area contributed by atoms with Gasteiger partial charge in [-0.05, 0) is 32.0 Å². The van der Waals surface area contributed by atoms with Gasteiger partial charge in [-0.2, -0.15) is 0 Å². The Labute approximate surface area is 112 Å². The van der Waals surface area contributed by atoms with Crippen molar-refractivity contribution in [3.8, 4) is 0 Å². The molecular formula is C14H19N3O2. The fourth-order valence-electron chi connectivity index (χ4n) is 1.93. The summed E-state index contributed by atoms with van der Waals surface area (Å²) >= 11 is 0.